The lowest BCUT2D eigenvalue weighted by molar-refractivity contribution is 0.0947. The van der Waals surface area contributed by atoms with Crippen LogP contribution in [0.1, 0.15) is 35.0 Å². The lowest BCUT2D eigenvalue weighted by Crippen LogP contribution is -2.30. The molecule has 1 aromatic carbocycles. The van der Waals surface area contributed by atoms with Crippen molar-refractivity contribution >= 4 is 5.91 Å². The van der Waals surface area contributed by atoms with Crippen LogP contribution < -0.4 is 10.6 Å². The minimum atomic E-state index is -0.0265. The van der Waals surface area contributed by atoms with Crippen LogP contribution in [0, 0.1) is 12.8 Å². The molecule has 2 atom stereocenters. The Morgan fingerprint density at radius 2 is 2.17 bits per heavy atom. The average Bonchev–Trinajstić information content (AvgIpc) is 3.12. The van der Waals surface area contributed by atoms with Crippen molar-refractivity contribution in [2.75, 3.05) is 13.1 Å². The number of rotatable bonds is 5. The number of carbonyl (C=O) groups is 1. The fourth-order valence-electron chi connectivity index (χ4n) is 3.11. The maximum Gasteiger partial charge on any atom is 0.254 e. The minimum Gasteiger partial charge on any atom is -0.352 e. The van der Waals surface area contributed by atoms with Gasteiger partial charge in [0.05, 0.1) is 17.8 Å². The molecule has 5 heteroatoms. The third-order valence-corrected chi connectivity index (χ3v) is 4.37. The Bertz CT molecular complexity index is 665. The summed E-state index contributed by atoms with van der Waals surface area (Å²) in [5, 5.41) is 10.9. The molecule has 0 radical (unpaired) electrons. The van der Waals surface area contributed by atoms with E-state index >= 15 is 0 Å². The molecule has 2 heterocycles. The van der Waals surface area contributed by atoms with Crippen molar-refractivity contribution in [2.24, 2.45) is 5.92 Å². The predicted molar refractivity (Wildman–Crippen MR) is 90.4 cm³/mol. The quantitative estimate of drug-likeness (QED) is 0.887. The van der Waals surface area contributed by atoms with Crippen molar-refractivity contribution in [2.45, 2.75) is 32.9 Å². The zero-order valence-corrected chi connectivity index (χ0v) is 13.7. The third-order valence-electron chi connectivity index (χ3n) is 4.37. The van der Waals surface area contributed by atoms with Crippen LogP contribution in [0.2, 0.25) is 0 Å². The first-order chi connectivity index (χ1) is 11.1. The summed E-state index contributed by atoms with van der Waals surface area (Å²) >= 11 is 0. The number of nitrogens with zero attached hydrogens (tertiary/aromatic N) is 2. The number of carbonyl (C=O) groups excluding carboxylic acids is 1. The van der Waals surface area contributed by atoms with Crippen LogP contribution >= 0.6 is 0 Å². The molecule has 2 N–H and O–H groups in total. The molecular weight excluding hydrogens is 288 g/mol. The maximum absolute atomic E-state index is 12.4. The van der Waals surface area contributed by atoms with E-state index in [1.807, 2.05) is 36.0 Å². The second kappa shape index (κ2) is 6.96. The molecule has 1 aliphatic heterocycles. The van der Waals surface area contributed by atoms with Gasteiger partial charge in [0.15, 0.2) is 0 Å². The highest BCUT2D eigenvalue weighted by Crippen LogP contribution is 2.13. The molecule has 0 bridgehead atoms. The Labute approximate surface area is 137 Å². The van der Waals surface area contributed by atoms with E-state index in [-0.39, 0.29) is 5.91 Å². The molecule has 1 saturated heterocycles. The first-order valence-electron chi connectivity index (χ1n) is 8.21. The van der Waals surface area contributed by atoms with E-state index in [9.17, 15) is 4.79 Å². The highest BCUT2D eigenvalue weighted by molar-refractivity contribution is 5.95. The molecule has 1 aliphatic rings. The summed E-state index contributed by atoms with van der Waals surface area (Å²) in [6.07, 6.45) is 2.96. The summed E-state index contributed by atoms with van der Waals surface area (Å²) in [5.74, 6) is 0.495. The van der Waals surface area contributed by atoms with Gasteiger partial charge in [0, 0.05) is 18.8 Å². The SMILES string of the molecule is Cc1nn(Cc2ccccc2)cc1C(=O)NCC1CNC(C)C1. The van der Waals surface area contributed by atoms with Crippen molar-refractivity contribution < 1.29 is 4.79 Å². The second-order valence-electron chi connectivity index (χ2n) is 6.43. The highest BCUT2D eigenvalue weighted by atomic mass is 16.1. The van der Waals surface area contributed by atoms with E-state index in [1.54, 1.807) is 0 Å². The van der Waals surface area contributed by atoms with Crippen LogP contribution in [-0.4, -0.2) is 34.8 Å². The fraction of sp³-hybridized carbons (Fsp3) is 0.444. The van der Waals surface area contributed by atoms with Gasteiger partial charge in [-0.05, 0) is 38.3 Å². The number of benzene rings is 1. The maximum atomic E-state index is 12.4. The molecule has 0 aliphatic carbocycles. The van der Waals surface area contributed by atoms with Crippen LogP contribution in [0.3, 0.4) is 0 Å². The summed E-state index contributed by atoms with van der Waals surface area (Å²) in [7, 11) is 0. The van der Waals surface area contributed by atoms with E-state index in [2.05, 4.69) is 34.8 Å². The number of nitrogens with one attached hydrogen (secondary N) is 2. The van der Waals surface area contributed by atoms with E-state index in [0.717, 1.165) is 25.2 Å². The normalized spacial score (nSPS) is 20.6. The van der Waals surface area contributed by atoms with Gasteiger partial charge in [-0.15, -0.1) is 0 Å². The zero-order valence-electron chi connectivity index (χ0n) is 13.7. The molecular formula is C18H24N4O. The number of hydrogen-bond acceptors (Lipinski definition) is 3. The van der Waals surface area contributed by atoms with Gasteiger partial charge < -0.3 is 10.6 Å². The average molecular weight is 312 g/mol. The van der Waals surface area contributed by atoms with Crippen LogP contribution in [0.5, 0.6) is 0 Å². The number of aryl methyl sites for hydroxylation is 1. The largest absolute Gasteiger partial charge is 0.352 e. The monoisotopic (exact) mass is 312 g/mol. The molecule has 2 aromatic rings. The molecule has 1 fully saturated rings. The van der Waals surface area contributed by atoms with E-state index in [1.165, 1.54) is 5.56 Å². The summed E-state index contributed by atoms with van der Waals surface area (Å²) in [5.41, 5.74) is 2.62. The van der Waals surface area contributed by atoms with Crippen LogP contribution in [0.4, 0.5) is 0 Å². The Morgan fingerprint density at radius 1 is 1.39 bits per heavy atom. The van der Waals surface area contributed by atoms with Crippen molar-refractivity contribution in [3.8, 4) is 0 Å². The van der Waals surface area contributed by atoms with Crippen LogP contribution in [0.15, 0.2) is 36.5 Å². The van der Waals surface area contributed by atoms with Crippen molar-refractivity contribution in [3.63, 3.8) is 0 Å². The molecule has 2 unspecified atom stereocenters. The molecule has 0 spiro atoms. The van der Waals surface area contributed by atoms with E-state index in [4.69, 9.17) is 0 Å². The van der Waals surface area contributed by atoms with Crippen molar-refractivity contribution in [3.05, 3.63) is 53.3 Å². The number of hydrogen-bond donors (Lipinski definition) is 2. The van der Waals surface area contributed by atoms with Crippen LogP contribution in [-0.2, 0) is 6.54 Å². The number of amides is 1. The first kappa shape index (κ1) is 15.7. The van der Waals surface area contributed by atoms with E-state index < -0.39 is 0 Å². The van der Waals surface area contributed by atoms with Gasteiger partial charge in [0.2, 0.25) is 0 Å². The number of aromatic nitrogens is 2. The van der Waals surface area contributed by atoms with Gasteiger partial charge in [-0.3, -0.25) is 9.48 Å². The van der Waals surface area contributed by atoms with Crippen molar-refractivity contribution in [1.82, 2.24) is 20.4 Å². The zero-order chi connectivity index (χ0) is 16.2. The topological polar surface area (TPSA) is 59.0 Å². The lowest BCUT2D eigenvalue weighted by atomic mass is 10.1. The predicted octanol–water partition coefficient (Wildman–Crippen LogP) is 1.97. The molecule has 5 nitrogen and oxygen atoms in total. The molecule has 23 heavy (non-hydrogen) atoms. The lowest BCUT2D eigenvalue weighted by Gasteiger charge is -2.09. The smallest absolute Gasteiger partial charge is 0.254 e. The Morgan fingerprint density at radius 3 is 2.87 bits per heavy atom. The van der Waals surface area contributed by atoms with Gasteiger partial charge >= 0.3 is 0 Å². The van der Waals surface area contributed by atoms with Crippen LogP contribution in [0.25, 0.3) is 0 Å². The Hall–Kier alpha value is -2.14. The minimum absolute atomic E-state index is 0.0265. The van der Waals surface area contributed by atoms with Gasteiger partial charge in [0.1, 0.15) is 0 Å². The summed E-state index contributed by atoms with van der Waals surface area (Å²) in [6.45, 7) is 6.45. The molecule has 1 amide bonds. The molecule has 0 saturated carbocycles. The van der Waals surface area contributed by atoms with Gasteiger partial charge in [-0.1, -0.05) is 30.3 Å². The summed E-state index contributed by atoms with van der Waals surface area (Å²) < 4.78 is 1.83. The van der Waals surface area contributed by atoms with Gasteiger partial charge in [0.25, 0.3) is 5.91 Å². The third kappa shape index (κ3) is 3.99. The Kier molecular flexibility index (Phi) is 4.76. The molecule has 1 aromatic heterocycles. The standard InChI is InChI=1S/C18H24N4O/c1-13-8-16(9-19-13)10-20-18(23)17-12-22(21-14(17)2)11-15-6-4-3-5-7-15/h3-7,12-13,16,19H,8-11H2,1-2H3,(H,20,23). The van der Waals surface area contributed by atoms with E-state index in [0.29, 0.717) is 24.1 Å². The fourth-order valence-corrected chi connectivity index (χ4v) is 3.11. The highest BCUT2D eigenvalue weighted by Gasteiger charge is 2.22. The summed E-state index contributed by atoms with van der Waals surface area (Å²) in [6, 6.07) is 10.7. The van der Waals surface area contributed by atoms with Gasteiger partial charge in [-0.25, -0.2) is 0 Å². The van der Waals surface area contributed by atoms with Crippen molar-refractivity contribution in [1.29, 1.82) is 0 Å². The first-order valence-corrected chi connectivity index (χ1v) is 8.21. The Balaban J connectivity index is 1.60. The second-order valence-corrected chi connectivity index (χ2v) is 6.43. The van der Waals surface area contributed by atoms with Gasteiger partial charge in [-0.2, -0.15) is 5.10 Å². The molecule has 122 valence electrons. The molecule has 3 rings (SSSR count). The summed E-state index contributed by atoms with van der Waals surface area (Å²) in [4.78, 5) is 12.4.